The lowest BCUT2D eigenvalue weighted by Crippen LogP contribution is -2.28. The Kier molecular flexibility index (Phi) is 4.93. The van der Waals surface area contributed by atoms with Crippen LogP contribution < -0.4 is 10.1 Å². The van der Waals surface area contributed by atoms with E-state index in [4.69, 9.17) is 4.74 Å². The van der Waals surface area contributed by atoms with E-state index in [1.165, 1.54) is 24.3 Å². The number of ether oxygens (including phenoxy) is 1. The van der Waals surface area contributed by atoms with Gasteiger partial charge in [-0.05, 0) is 46.3 Å². The number of nitrogens with one attached hydrogen (secondary N) is 1. The van der Waals surface area contributed by atoms with Gasteiger partial charge in [-0.25, -0.2) is 4.39 Å². The van der Waals surface area contributed by atoms with Crippen LogP contribution in [0.15, 0.2) is 40.2 Å². The summed E-state index contributed by atoms with van der Waals surface area (Å²) in [6.07, 6.45) is 0. The molecule has 2 rings (SSSR count). The highest BCUT2D eigenvalue weighted by atomic mass is 79.9. The first-order chi connectivity index (χ1) is 9.13. The van der Waals surface area contributed by atoms with Gasteiger partial charge >= 0.3 is 0 Å². The van der Waals surface area contributed by atoms with E-state index >= 15 is 0 Å². The molecule has 3 nitrogen and oxygen atoms in total. The smallest absolute Gasteiger partial charge is 0.258 e. The molecule has 1 N–H and O–H groups in total. The Balaban J connectivity index is 1.74. The topological polar surface area (TPSA) is 38.3 Å². The average molecular weight is 344 g/mol. The van der Waals surface area contributed by atoms with Gasteiger partial charge in [-0.3, -0.25) is 4.79 Å². The molecule has 0 saturated carbocycles. The van der Waals surface area contributed by atoms with E-state index in [-0.39, 0.29) is 18.3 Å². The van der Waals surface area contributed by atoms with Crippen LogP contribution in [-0.4, -0.2) is 12.5 Å². The first kappa shape index (κ1) is 14.0. The summed E-state index contributed by atoms with van der Waals surface area (Å²) >= 11 is 4.91. The molecule has 6 heteroatoms. The summed E-state index contributed by atoms with van der Waals surface area (Å²) < 4.78 is 18.9. The van der Waals surface area contributed by atoms with Crippen LogP contribution in [0.25, 0.3) is 0 Å². The van der Waals surface area contributed by atoms with Crippen LogP contribution >= 0.6 is 27.3 Å². The Morgan fingerprint density at radius 1 is 1.37 bits per heavy atom. The highest BCUT2D eigenvalue weighted by Crippen LogP contribution is 2.19. The number of carbonyl (C=O) groups is 1. The zero-order chi connectivity index (χ0) is 13.7. The van der Waals surface area contributed by atoms with Gasteiger partial charge in [-0.2, -0.15) is 0 Å². The van der Waals surface area contributed by atoms with Crippen LogP contribution in [0.5, 0.6) is 5.75 Å². The van der Waals surface area contributed by atoms with Crippen molar-refractivity contribution in [2.24, 2.45) is 0 Å². The highest BCUT2D eigenvalue weighted by Gasteiger charge is 2.04. The minimum absolute atomic E-state index is 0.0851. The highest BCUT2D eigenvalue weighted by molar-refractivity contribution is 9.10. The maximum Gasteiger partial charge on any atom is 0.258 e. The monoisotopic (exact) mass is 343 g/mol. The Bertz CT molecular complexity index is 556. The first-order valence-electron chi connectivity index (χ1n) is 5.51. The SMILES string of the molecule is O=C(COc1ccc(F)cc1)NCc1cc(Br)cs1. The molecule has 1 amide bonds. The van der Waals surface area contributed by atoms with Crippen molar-refractivity contribution in [1.29, 1.82) is 0 Å². The van der Waals surface area contributed by atoms with Crippen molar-refractivity contribution < 1.29 is 13.9 Å². The number of carbonyl (C=O) groups excluding carboxylic acids is 1. The summed E-state index contributed by atoms with van der Waals surface area (Å²) in [5, 5.41) is 4.70. The second-order valence-corrected chi connectivity index (χ2v) is 5.66. The lowest BCUT2D eigenvalue weighted by Gasteiger charge is -2.06. The lowest BCUT2D eigenvalue weighted by atomic mass is 10.3. The Labute approximate surface area is 122 Å². The standard InChI is InChI=1S/C13H11BrFNO2S/c14-9-5-12(19-8-9)6-16-13(17)7-18-11-3-1-10(15)2-4-11/h1-5,8H,6-7H2,(H,16,17). The molecule has 0 bridgehead atoms. The van der Waals surface area contributed by atoms with Crippen LogP contribution in [0, 0.1) is 5.82 Å². The Morgan fingerprint density at radius 3 is 2.74 bits per heavy atom. The molecule has 2 aromatic rings. The van der Waals surface area contributed by atoms with Gasteiger partial charge in [-0.1, -0.05) is 0 Å². The average Bonchev–Trinajstić information content (AvgIpc) is 2.81. The molecule has 0 fully saturated rings. The third kappa shape index (κ3) is 4.65. The van der Waals surface area contributed by atoms with E-state index < -0.39 is 0 Å². The third-order valence-corrected chi connectivity index (χ3v) is 3.96. The quantitative estimate of drug-likeness (QED) is 0.904. The van der Waals surface area contributed by atoms with Crippen molar-refractivity contribution in [2.45, 2.75) is 6.54 Å². The largest absolute Gasteiger partial charge is 0.484 e. The maximum absolute atomic E-state index is 12.7. The Morgan fingerprint density at radius 2 is 2.11 bits per heavy atom. The van der Waals surface area contributed by atoms with Crippen LogP contribution in [0.2, 0.25) is 0 Å². The van der Waals surface area contributed by atoms with Crippen molar-refractivity contribution in [3.8, 4) is 5.75 Å². The first-order valence-corrected chi connectivity index (χ1v) is 7.19. The van der Waals surface area contributed by atoms with Crippen molar-refractivity contribution in [3.05, 3.63) is 50.9 Å². The molecule has 0 saturated heterocycles. The maximum atomic E-state index is 12.7. The fraction of sp³-hybridized carbons (Fsp3) is 0.154. The predicted octanol–water partition coefficient (Wildman–Crippen LogP) is 3.34. The molecular formula is C13H11BrFNO2S. The summed E-state index contributed by atoms with van der Waals surface area (Å²) in [6, 6.07) is 7.50. The molecule has 1 aromatic heterocycles. The van der Waals surface area contributed by atoms with E-state index in [1.54, 1.807) is 11.3 Å². The molecule has 19 heavy (non-hydrogen) atoms. The molecule has 0 spiro atoms. The zero-order valence-corrected chi connectivity index (χ0v) is 12.3. The van der Waals surface area contributed by atoms with Crippen LogP contribution in [0.3, 0.4) is 0 Å². The molecule has 1 heterocycles. The van der Waals surface area contributed by atoms with E-state index in [2.05, 4.69) is 21.2 Å². The van der Waals surface area contributed by atoms with Gasteiger partial charge in [-0.15, -0.1) is 11.3 Å². The fourth-order valence-electron chi connectivity index (χ4n) is 1.36. The van der Waals surface area contributed by atoms with Gasteiger partial charge in [0.15, 0.2) is 6.61 Å². The van der Waals surface area contributed by atoms with E-state index in [0.717, 1.165) is 9.35 Å². The van der Waals surface area contributed by atoms with Crippen LogP contribution in [0.4, 0.5) is 4.39 Å². The predicted molar refractivity (Wildman–Crippen MR) is 75.8 cm³/mol. The molecule has 0 aliphatic heterocycles. The van der Waals surface area contributed by atoms with E-state index in [9.17, 15) is 9.18 Å². The normalized spacial score (nSPS) is 10.2. The van der Waals surface area contributed by atoms with E-state index in [1.807, 2.05) is 11.4 Å². The second-order valence-electron chi connectivity index (χ2n) is 3.75. The summed E-state index contributed by atoms with van der Waals surface area (Å²) in [5.74, 6) is -0.0793. The van der Waals surface area contributed by atoms with Crippen molar-refractivity contribution in [1.82, 2.24) is 5.32 Å². The fourth-order valence-corrected chi connectivity index (χ4v) is 2.75. The molecule has 0 atom stereocenters. The van der Waals surface area contributed by atoms with Gasteiger partial charge in [0, 0.05) is 14.7 Å². The minimum atomic E-state index is -0.333. The number of hydrogen-bond acceptors (Lipinski definition) is 3. The number of benzene rings is 1. The number of thiophene rings is 1. The number of hydrogen-bond donors (Lipinski definition) is 1. The number of amides is 1. The second kappa shape index (κ2) is 6.68. The number of halogens is 2. The van der Waals surface area contributed by atoms with Crippen molar-refractivity contribution in [3.63, 3.8) is 0 Å². The third-order valence-electron chi connectivity index (χ3n) is 2.27. The lowest BCUT2D eigenvalue weighted by molar-refractivity contribution is -0.123. The molecule has 100 valence electrons. The van der Waals surface area contributed by atoms with Crippen molar-refractivity contribution >= 4 is 33.2 Å². The molecule has 1 aromatic carbocycles. The van der Waals surface area contributed by atoms with Crippen molar-refractivity contribution in [2.75, 3.05) is 6.61 Å². The summed E-state index contributed by atoms with van der Waals surface area (Å²) in [7, 11) is 0. The molecule has 0 unspecified atom stereocenters. The molecule has 0 aliphatic carbocycles. The number of rotatable bonds is 5. The Hall–Kier alpha value is -1.40. The summed E-state index contributed by atoms with van der Waals surface area (Å²) in [5.41, 5.74) is 0. The molecule has 0 aliphatic rings. The zero-order valence-electron chi connectivity index (χ0n) is 9.86. The van der Waals surface area contributed by atoms with Gasteiger partial charge in [0.1, 0.15) is 11.6 Å². The summed E-state index contributed by atoms with van der Waals surface area (Å²) in [4.78, 5) is 12.6. The van der Waals surface area contributed by atoms with Gasteiger partial charge in [0.2, 0.25) is 0 Å². The summed E-state index contributed by atoms with van der Waals surface area (Å²) in [6.45, 7) is 0.389. The van der Waals surface area contributed by atoms with Crippen LogP contribution in [0.1, 0.15) is 4.88 Å². The van der Waals surface area contributed by atoms with Gasteiger partial charge in [0.05, 0.1) is 6.54 Å². The van der Waals surface area contributed by atoms with Gasteiger partial charge < -0.3 is 10.1 Å². The molecular weight excluding hydrogens is 333 g/mol. The van der Waals surface area contributed by atoms with E-state index in [0.29, 0.717) is 12.3 Å². The minimum Gasteiger partial charge on any atom is -0.484 e. The van der Waals surface area contributed by atoms with Crippen LogP contribution in [-0.2, 0) is 11.3 Å². The van der Waals surface area contributed by atoms with Gasteiger partial charge in [0.25, 0.3) is 5.91 Å². The molecule has 0 radical (unpaired) electrons.